The number of carbonyl (C=O) groups is 1. The Hall–Kier alpha value is -3.42. The summed E-state index contributed by atoms with van der Waals surface area (Å²) >= 11 is 0. The first-order valence-corrected chi connectivity index (χ1v) is 11.2. The van der Waals surface area contributed by atoms with Crippen LogP contribution in [0.2, 0.25) is 0 Å². The second-order valence-electron chi connectivity index (χ2n) is 8.22. The lowest BCUT2D eigenvalue weighted by atomic mass is 10.0. The molecular formula is C25H24F2N2O4. The number of hydrogen-bond acceptors (Lipinski definition) is 5. The van der Waals surface area contributed by atoms with Gasteiger partial charge in [-0.2, -0.15) is 0 Å². The molecule has 3 heterocycles. The number of aromatic nitrogens is 1. The quantitative estimate of drug-likeness (QED) is 0.538. The standard InChI is InChI=1S/C25H24F2N2O4/c26-17-4-1-5-18(27)25(17)22-15-28-23(33-22)9-10-24(30)29-11-2-6-19(29)16-7-8-20-21(14-16)32-13-3-12-31-20/h1,4-5,7-8,14-15,19H,2-3,6,9-13H2/t19-/m1/s1. The second kappa shape index (κ2) is 9.21. The van der Waals surface area contributed by atoms with Crippen LogP contribution < -0.4 is 9.47 Å². The fourth-order valence-corrected chi connectivity index (χ4v) is 4.43. The predicted molar refractivity (Wildman–Crippen MR) is 116 cm³/mol. The third-order valence-corrected chi connectivity index (χ3v) is 6.04. The normalized spacial score (nSPS) is 17.8. The van der Waals surface area contributed by atoms with E-state index in [9.17, 15) is 13.6 Å². The van der Waals surface area contributed by atoms with Gasteiger partial charge >= 0.3 is 0 Å². The van der Waals surface area contributed by atoms with Gasteiger partial charge in [-0.15, -0.1) is 0 Å². The molecular weight excluding hydrogens is 430 g/mol. The van der Waals surface area contributed by atoms with Gasteiger partial charge in [-0.05, 0) is 42.7 Å². The van der Waals surface area contributed by atoms with Crippen molar-refractivity contribution in [1.29, 1.82) is 0 Å². The van der Waals surface area contributed by atoms with Crippen LogP contribution in [0.5, 0.6) is 11.5 Å². The van der Waals surface area contributed by atoms with Crippen molar-refractivity contribution in [2.24, 2.45) is 0 Å². The third-order valence-electron chi connectivity index (χ3n) is 6.04. The number of benzene rings is 2. The lowest BCUT2D eigenvalue weighted by Crippen LogP contribution is -2.30. The van der Waals surface area contributed by atoms with Crippen LogP contribution in [0.15, 0.2) is 47.0 Å². The molecule has 5 rings (SSSR count). The fourth-order valence-electron chi connectivity index (χ4n) is 4.43. The molecule has 0 spiro atoms. The van der Waals surface area contributed by atoms with E-state index in [-0.39, 0.29) is 42.0 Å². The Morgan fingerprint density at radius 2 is 1.85 bits per heavy atom. The maximum absolute atomic E-state index is 14.0. The van der Waals surface area contributed by atoms with Gasteiger partial charge in [0.15, 0.2) is 23.1 Å². The summed E-state index contributed by atoms with van der Waals surface area (Å²) < 4.78 is 45.0. The van der Waals surface area contributed by atoms with E-state index in [0.29, 0.717) is 19.8 Å². The molecule has 172 valence electrons. The number of carbonyl (C=O) groups excluding carboxylic acids is 1. The highest BCUT2D eigenvalue weighted by Gasteiger charge is 2.31. The van der Waals surface area contributed by atoms with Crippen LogP contribution in [0.4, 0.5) is 8.78 Å². The maximum Gasteiger partial charge on any atom is 0.223 e. The van der Waals surface area contributed by atoms with Gasteiger partial charge in [-0.3, -0.25) is 4.79 Å². The maximum atomic E-state index is 14.0. The van der Waals surface area contributed by atoms with Gasteiger partial charge in [0.2, 0.25) is 5.91 Å². The van der Waals surface area contributed by atoms with Crippen LogP contribution in [-0.2, 0) is 11.2 Å². The minimum Gasteiger partial charge on any atom is -0.490 e. The molecule has 33 heavy (non-hydrogen) atoms. The van der Waals surface area contributed by atoms with Crippen molar-refractivity contribution in [3.63, 3.8) is 0 Å². The summed E-state index contributed by atoms with van der Waals surface area (Å²) in [6, 6.07) is 9.47. The third kappa shape index (κ3) is 4.42. The van der Waals surface area contributed by atoms with Crippen molar-refractivity contribution >= 4 is 5.91 Å². The van der Waals surface area contributed by atoms with Gasteiger partial charge in [0, 0.05) is 25.8 Å². The highest BCUT2D eigenvalue weighted by atomic mass is 19.1. The Labute approximate surface area is 190 Å². The molecule has 0 bridgehead atoms. The number of hydrogen-bond donors (Lipinski definition) is 0. The number of halogens is 2. The molecule has 0 unspecified atom stereocenters. The van der Waals surface area contributed by atoms with Crippen molar-refractivity contribution in [2.75, 3.05) is 19.8 Å². The summed E-state index contributed by atoms with van der Waals surface area (Å²) in [5, 5.41) is 0. The molecule has 0 saturated carbocycles. The number of ether oxygens (including phenoxy) is 2. The van der Waals surface area contributed by atoms with Gasteiger partial charge in [-0.1, -0.05) is 12.1 Å². The number of amides is 1. The molecule has 1 aromatic heterocycles. The van der Waals surface area contributed by atoms with Gasteiger partial charge in [-0.25, -0.2) is 13.8 Å². The number of fused-ring (bicyclic) bond motifs is 1. The molecule has 2 aliphatic heterocycles. The molecule has 6 nitrogen and oxygen atoms in total. The van der Waals surface area contributed by atoms with Crippen molar-refractivity contribution in [3.8, 4) is 22.8 Å². The van der Waals surface area contributed by atoms with Crippen molar-refractivity contribution in [1.82, 2.24) is 9.88 Å². The Balaban J connectivity index is 1.26. The SMILES string of the molecule is O=C(CCc1ncc(-c2c(F)cccc2F)o1)N1CCC[C@@H]1c1ccc2c(c1)OCCCO2. The van der Waals surface area contributed by atoms with Gasteiger partial charge < -0.3 is 18.8 Å². The van der Waals surface area contributed by atoms with Crippen LogP contribution in [0.25, 0.3) is 11.3 Å². The average Bonchev–Trinajstić information content (AvgIpc) is 3.42. The molecule has 8 heteroatoms. The van der Waals surface area contributed by atoms with Crippen LogP contribution >= 0.6 is 0 Å². The van der Waals surface area contributed by atoms with E-state index >= 15 is 0 Å². The summed E-state index contributed by atoms with van der Waals surface area (Å²) in [6.07, 6.45) is 4.36. The van der Waals surface area contributed by atoms with Gasteiger partial charge in [0.1, 0.15) is 11.6 Å². The molecule has 1 atom stereocenters. The largest absolute Gasteiger partial charge is 0.490 e. The predicted octanol–water partition coefficient (Wildman–Crippen LogP) is 5.08. The molecule has 1 amide bonds. The second-order valence-corrected chi connectivity index (χ2v) is 8.22. The van der Waals surface area contributed by atoms with E-state index in [0.717, 1.165) is 48.5 Å². The van der Waals surface area contributed by atoms with Crippen molar-refractivity contribution in [3.05, 3.63) is 65.7 Å². The number of aryl methyl sites for hydroxylation is 1. The molecule has 1 fully saturated rings. The first kappa shape index (κ1) is 21.4. The van der Waals surface area contributed by atoms with E-state index in [1.165, 1.54) is 12.3 Å². The zero-order valence-corrected chi connectivity index (χ0v) is 18.1. The molecule has 0 radical (unpaired) electrons. The summed E-state index contributed by atoms with van der Waals surface area (Å²) in [6.45, 7) is 1.92. The van der Waals surface area contributed by atoms with E-state index in [1.807, 2.05) is 23.1 Å². The number of likely N-dealkylation sites (tertiary alicyclic amines) is 1. The Kier molecular flexibility index (Phi) is 5.98. The minimum atomic E-state index is -0.719. The van der Waals surface area contributed by atoms with Crippen LogP contribution in [0.1, 0.15) is 43.2 Å². The molecule has 2 aliphatic rings. The molecule has 0 aliphatic carbocycles. The average molecular weight is 454 g/mol. The highest BCUT2D eigenvalue weighted by molar-refractivity contribution is 5.77. The van der Waals surface area contributed by atoms with Gasteiger partial charge in [0.25, 0.3) is 0 Å². The Bertz CT molecular complexity index is 1140. The monoisotopic (exact) mass is 454 g/mol. The summed E-state index contributed by atoms with van der Waals surface area (Å²) in [7, 11) is 0. The summed E-state index contributed by atoms with van der Waals surface area (Å²) in [4.78, 5) is 19.0. The molecule has 3 aromatic rings. The zero-order chi connectivity index (χ0) is 22.8. The number of nitrogens with zero attached hydrogens (tertiary/aromatic N) is 2. The van der Waals surface area contributed by atoms with Crippen LogP contribution in [0, 0.1) is 11.6 Å². The molecule has 0 N–H and O–H groups in total. The summed E-state index contributed by atoms with van der Waals surface area (Å²) in [5.41, 5.74) is 0.773. The van der Waals surface area contributed by atoms with Gasteiger partial charge in [0.05, 0.1) is 31.0 Å². The zero-order valence-electron chi connectivity index (χ0n) is 18.1. The lowest BCUT2D eigenvalue weighted by molar-refractivity contribution is -0.132. The highest BCUT2D eigenvalue weighted by Crippen LogP contribution is 2.38. The first-order valence-electron chi connectivity index (χ1n) is 11.2. The van der Waals surface area contributed by atoms with Crippen LogP contribution in [-0.4, -0.2) is 35.5 Å². The van der Waals surface area contributed by atoms with E-state index in [4.69, 9.17) is 13.9 Å². The van der Waals surface area contributed by atoms with E-state index in [2.05, 4.69) is 4.98 Å². The number of oxazole rings is 1. The van der Waals surface area contributed by atoms with Crippen molar-refractivity contribution < 1.29 is 27.5 Å². The van der Waals surface area contributed by atoms with Crippen molar-refractivity contribution in [2.45, 2.75) is 38.1 Å². The van der Waals surface area contributed by atoms with E-state index in [1.54, 1.807) is 0 Å². The molecule has 1 saturated heterocycles. The Morgan fingerprint density at radius 3 is 2.67 bits per heavy atom. The fraction of sp³-hybridized carbons (Fsp3) is 0.360. The Morgan fingerprint density at radius 1 is 1.06 bits per heavy atom. The first-order chi connectivity index (χ1) is 16.1. The smallest absolute Gasteiger partial charge is 0.223 e. The van der Waals surface area contributed by atoms with E-state index < -0.39 is 11.6 Å². The summed E-state index contributed by atoms with van der Waals surface area (Å²) in [5.74, 6) is 0.288. The topological polar surface area (TPSA) is 64.8 Å². The molecule has 2 aromatic carbocycles. The lowest BCUT2D eigenvalue weighted by Gasteiger charge is -2.25. The van der Waals surface area contributed by atoms with Crippen LogP contribution in [0.3, 0.4) is 0 Å². The minimum absolute atomic E-state index is 0.0126. The number of rotatable bonds is 5.